The molecule has 16 heteroatoms. The smallest absolute Gasteiger partial charge is 0.475 e. The lowest BCUT2D eigenvalue weighted by atomic mass is 10.4. The molecule has 0 unspecified atom stereocenters. The summed E-state index contributed by atoms with van der Waals surface area (Å²) in [5, 5.41) is 21.2. The molecule has 0 heterocycles. The van der Waals surface area contributed by atoms with Crippen LogP contribution in [0.3, 0.4) is 0 Å². The summed E-state index contributed by atoms with van der Waals surface area (Å²) >= 11 is 2.71. The summed E-state index contributed by atoms with van der Waals surface area (Å²) in [6.45, 7) is 6.87. The maximum absolute atomic E-state index is 10.6. The SMILES string of the molecule is CC(=O)SCCNCCCNCCSC(C)=O.O=C(O)C(F)(F)F.O=C(O)C(F)(F)F. The third-order valence-electron chi connectivity index (χ3n) is 2.36. The zero-order valence-electron chi connectivity index (χ0n) is 16.6. The van der Waals surface area contributed by atoms with Gasteiger partial charge in [-0.1, -0.05) is 23.5 Å². The number of carboxylic acids is 2. The van der Waals surface area contributed by atoms with E-state index >= 15 is 0 Å². The van der Waals surface area contributed by atoms with Crippen molar-refractivity contribution < 1.29 is 55.7 Å². The molecule has 0 fully saturated rings. The highest BCUT2D eigenvalue weighted by Gasteiger charge is 2.38. The molecule has 0 rings (SSSR count). The van der Waals surface area contributed by atoms with Crippen LogP contribution in [0.2, 0.25) is 0 Å². The van der Waals surface area contributed by atoms with E-state index in [1.54, 1.807) is 13.8 Å². The number of carboxylic acid groups (broad SMARTS) is 2. The molecule has 0 aliphatic rings. The van der Waals surface area contributed by atoms with Crippen molar-refractivity contribution in [2.75, 3.05) is 37.7 Å². The van der Waals surface area contributed by atoms with Gasteiger partial charge in [-0.2, -0.15) is 26.3 Å². The Bertz CT molecular complexity index is 501. The van der Waals surface area contributed by atoms with E-state index in [-0.39, 0.29) is 10.2 Å². The van der Waals surface area contributed by atoms with Crippen molar-refractivity contribution in [2.24, 2.45) is 0 Å². The van der Waals surface area contributed by atoms with Crippen LogP contribution in [0.5, 0.6) is 0 Å². The molecule has 31 heavy (non-hydrogen) atoms. The van der Waals surface area contributed by atoms with E-state index in [4.69, 9.17) is 19.8 Å². The van der Waals surface area contributed by atoms with Gasteiger partial charge >= 0.3 is 24.3 Å². The van der Waals surface area contributed by atoms with Crippen molar-refractivity contribution in [3.8, 4) is 0 Å². The average molecular weight is 506 g/mol. The number of hydrogen-bond acceptors (Lipinski definition) is 8. The Morgan fingerprint density at radius 3 is 1.13 bits per heavy atom. The molecule has 0 aromatic carbocycles. The predicted molar refractivity (Wildman–Crippen MR) is 104 cm³/mol. The highest BCUT2D eigenvalue weighted by molar-refractivity contribution is 8.13. The van der Waals surface area contributed by atoms with Gasteiger partial charge in [-0.25, -0.2) is 9.59 Å². The van der Waals surface area contributed by atoms with Crippen LogP contribution in [-0.2, 0) is 19.2 Å². The van der Waals surface area contributed by atoms with E-state index in [1.165, 1.54) is 23.5 Å². The van der Waals surface area contributed by atoms with Gasteiger partial charge in [0.1, 0.15) is 0 Å². The maximum Gasteiger partial charge on any atom is 0.490 e. The van der Waals surface area contributed by atoms with Gasteiger partial charge < -0.3 is 20.8 Å². The van der Waals surface area contributed by atoms with Gasteiger partial charge in [0, 0.05) is 38.4 Å². The second-order valence-corrected chi connectivity index (χ2v) is 7.68. The van der Waals surface area contributed by atoms with Gasteiger partial charge in [0.05, 0.1) is 0 Å². The first-order valence-electron chi connectivity index (χ1n) is 8.30. The number of halogens is 6. The average Bonchev–Trinajstić information content (AvgIpc) is 2.58. The van der Waals surface area contributed by atoms with Crippen molar-refractivity contribution in [2.45, 2.75) is 32.6 Å². The third-order valence-corrected chi connectivity index (χ3v) is 3.99. The zero-order valence-corrected chi connectivity index (χ0v) is 18.2. The lowest BCUT2D eigenvalue weighted by Gasteiger charge is -2.05. The third kappa shape index (κ3) is 33.3. The summed E-state index contributed by atoms with van der Waals surface area (Å²) in [5.41, 5.74) is 0. The molecule has 0 aromatic heterocycles. The van der Waals surface area contributed by atoms with Crippen molar-refractivity contribution in [3.63, 3.8) is 0 Å². The number of alkyl halides is 6. The van der Waals surface area contributed by atoms with E-state index in [9.17, 15) is 35.9 Å². The highest BCUT2D eigenvalue weighted by Crippen LogP contribution is 2.13. The summed E-state index contributed by atoms with van der Waals surface area (Å²) < 4.78 is 63.5. The lowest BCUT2D eigenvalue weighted by Crippen LogP contribution is -2.25. The fourth-order valence-corrected chi connectivity index (χ4v) is 2.19. The molecule has 0 radical (unpaired) electrons. The first-order chi connectivity index (χ1) is 14.0. The molecule has 0 bridgehead atoms. The number of aliphatic carboxylic acids is 2. The van der Waals surface area contributed by atoms with Crippen LogP contribution in [0.4, 0.5) is 26.3 Å². The molecule has 0 aliphatic heterocycles. The Kier molecular flexibility index (Phi) is 21.1. The van der Waals surface area contributed by atoms with E-state index in [0.29, 0.717) is 0 Å². The van der Waals surface area contributed by atoms with Crippen LogP contribution < -0.4 is 10.6 Å². The molecule has 0 aliphatic carbocycles. The van der Waals surface area contributed by atoms with E-state index in [1.807, 2.05) is 0 Å². The molecular formula is C15H24F6N2O6S2. The van der Waals surface area contributed by atoms with Gasteiger partial charge in [-0.3, -0.25) is 9.59 Å². The second kappa shape index (κ2) is 19.2. The van der Waals surface area contributed by atoms with Gasteiger partial charge in [0.2, 0.25) is 0 Å². The van der Waals surface area contributed by atoms with Crippen molar-refractivity contribution >= 4 is 45.7 Å². The van der Waals surface area contributed by atoms with Crippen LogP contribution in [0.25, 0.3) is 0 Å². The largest absolute Gasteiger partial charge is 0.490 e. The fourth-order valence-electron chi connectivity index (χ4n) is 1.12. The Hall–Kier alpha value is -1.52. The second-order valence-electron chi connectivity index (χ2n) is 5.14. The van der Waals surface area contributed by atoms with Gasteiger partial charge in [-0.05, 0) is 19.5 Å². The van der Waals surface area contributed by atoms with Crippen LogP contribution in [-0.4, -0.2) is 82.4 Å². The van der Waals surface area contributed by atoms with Crippen molar-refractivity contribution in [1.29, 1.82) is 0 Å². The quantitative estimate of drug-likeness (QED) is 0.259. The van der Waals surface area contributed by atoms with E-state index < -0.39 is 24.3 Å². The number of carbonyl (C=O) groups excluding carboxylic acids is 2. The number of rotatable bonds is 10. The molecule has 8 nitrogen and oxygen atoms in total. The van der Waals surface area contributed by atoms with Crippen LogP contribution in [0.1, 0.15) is 20.3 Å². The van der Waals surface area contributed by atoms with Gasteiger partial charge in [-0.15, -0.1) is 0 Å². The minimum Gasteiger partial charge on any atom is -0.475 e. The Morgan fingerprint density at radius 2 is 0.935 bits per heavy atom. The lowest BCUT2D eigenvalue weighted by molar-refractivity contribution is -0.193. The van der Waals surface area contributed by atoms with Gasteiger partial charge in [0.25, 0.3) is 0 Å². The highest BCUT2D eigenvalue weighted by atomic mass is 32.2. The molecule has 184 valence electrons. The van der Waals surface area contributed by atoms with Crippen LogP contribution in [0, 0.1) is 0 Å². The maximum atomic E-state index is 10.6. The summed E-state index contributed by atoms with van der Waals surface area (Å²) in [6, 6.07) is 0. The fraction of sp³-hybridized carbons (Fsp3) is 0.733. The van der Waals surface area contributed by atoms with E-state index in [0.717, 1.165) is 44.1 Å². The zero-order chi connectivity index (χ0) is 25.1. The van der Waals surface area contributed by atoms with E-state index in [2.05, 4.69) is 10.6 Å². The monoisotopic (exact) mass is 506 g/mol. The number of nitrogens with one attached hydrogen (secondary N) is 2. The van der Waals surface area contributed by atoms with Crippen LogP contribution in [0.15, 0.2) is 0 Å². The normalized spacial score (nSPS) is 10.8. The minimum atomic E-state index is -5.08. The first kappa shape index (κ1) is 34.1. The Labute approximate surface area is 182 Å². The first-order valence-corrected chi connectivity index (χ1v) is 10.3. The van der Waals surface area contributed by atoms with Crippen molar-refractivity contribution in [3.05, 3.63) is 0 Å². The minimum absolute atomic E-state index is 0.177. The Balaban J connectivity index is -0.000000460. The standard InChI is InChI=1S/C11H22N2O2S2.2C2HF3O2/c1-10(14)16-8-6-12-4-3-5-13-7-9-17-11(2)15;2*3-2(4,5)1(6)7/h12-13H,3-9H2,1-2H3;2*(H,6,7). The summed E-state index contributed by atoms with van der Waals surface area (Å²) in [6.07, 6.45) is -9.10. The molecule has 4 N–H and O–H groups in total. The number of carbonyl (C=O) groups is 4. The molecule has 0 spiro atoms. The molecule has 0 amide bonds. The number of thioether (sulfide) groups is 2. The van der Waals surface area contributed by atoms with Crippen molar-refractivity contribution in [1.82, 2.24) is 10.6 Å². The molecular weight excluding hydrogens is 482 g/mol. The summed E-state index contributed by atoms with van der Waals surface area (Å²) in [7, 11) is 0. The molecule has 0 saturated carbocycles. The number of hydrogen-bond donors (Lipinski definition) is 4. The topological polar surface area (TPSA) is 133 Å². The van der Waals surface area contributed by atoms with Crippen LogP contribution >= 0.6 is 23.5 Å². The predicted octanol–water partition coefficient (Wildman–Crippen LogP) is 2.38. The molecule has 0 aromatic rings. The van der Waals surface area contributed by atoms with Gasteiger partial charge in [0.15, 0.2) is 10.2 Å². The molecule has 0 saturated heterocycles. The molecule has 0 atom stereocenters. The summed E-state index contributed by atoms with van der Waals surface area (Å²) in [4.78, 5) is 39.0. The summed E-state index contributed by atoms with van der Waals surface area (Å²) in [5.74, 6) is -3.82. The Morgan fingerprint density at radius 1 is 0.677 bits per heavy atom.